The maximum Gasteiger partial charge on any atom is 0.260 e. The smallest absolute Gasteiger partial charge is 0.260 e. The van der Waals surface area contributed by atoms with Crippen molar-refractivity contribution in [1.82, 2.24) is 9.80 Å². The van der Waals surface area contributed by atoms with Crippen molar-refractivity contribution in [2.75, 3.05) is 32.0 Å². The number of hydrogen-bond donors (Lipinski definition) is 1. The summed E-state index contributed by atoms with van der Waals surface area (Å²) in [5.41, 5.74) is 7.53. The fraction of sp³-hybridized carbons (Fsp3) is 0.350. The number of anilines is 1. The van der Waals surface area contributed by atoms with Crippen LogP contribution in [-0.4, -0.2) is 48.0 Å². The summed E-state index contributed by atoms with van der Waals surface area (Å²) in [5, 5.41) is 0. The molecule has 0 bridgehead atoms. The molecular weight excluding hydrogens is 460 g/mol. The molecule has 1 amide bonds. The molecule has 27 heavy (non-hydrogen) atoms. The number of nitrogen functional groups attached to an aromatic ring is 1. The lowest BCUT2D eigenvalue weighted by molar-refractivity contribution is -0.137. The molecule has 1 atom stereocenters. The third-order valence-corrected chi connectivity index (χ3v) is 5.35. The van der Waals surface area contributed by atoms with Crippen LogP contribution in [0.25, 0.3) is 0 Å². The zero-order chi connectivity index (χ0) is 19.4. The number of carbonyl (C=O) groups excluding carboxylic acids is 1. The molecule has 1 fully saturated rings. The van der Waals surface area contributed by atoms with Gasteiger partial charge in [-0.2, -0.15) is 0 Å². The Morgan fingerprint density at radius 1 is 1.26 bits per heavy atom. The van der Waals surface area contributed by atoms with Gasteiger partial charge in [0.1, 0.15) is 11.6 Å². The third kappa shape index (κ3) is 5.32. The van der Waals surface area contributed by atoms with Crippen LogP contribution in [0.15, 0.2) is 42.5 Å². The van der Waals surface area contributed by atoms with E-state index in [2.05, 4.69) is 27.5 Å². The van der Waals surface area contributed by atoms with Crippen LogP contribution in [0.4, 0.5) is 10.1 Å². The van der Waals surface area contributed by atoms with Crippen LogP contribution in [0.3, 0.4) is 0 Å². The number of rotatable bonds is 5. The second kappa shape index (κ2) is 8.88. The summed E-state index contributed by atoms with van der Waals surface area (Å²) in [6.07, 6.45) is 0. The Morgan fingerprint density at radius 3 is 2.67 bits per heavy atom. The van der Waals surface area contributed by atoms with Gasteiger partial charge in [-0.05, 0) is 65.4 Å². The Balaban J connectivity index is 1.51. The summed E-state index contributed by atoms with van der Waals surface area (Å²) in [6, 6.07) is 12.1. The predicted molar refractivity (Wildman–Crippen MR) is 112 cm³/mol. The van der Waals surface area contributed by atoms with Gasteiger partial charge in [-0.1, -0.05) is 12.1 Å². The van der Waals surface area contributed by atoms with E-state index in [0.29, 0.717) is 18.0 Å². The first-order valence-electron chi connectivity index (χ1n) is 8.86. The van der Waals surface area contributed by atoms with E-state index in [-0.39, 0.29) is 24.4 Å². The summed E-state index contributed by atoms with van der Waals surface area (Å²) in [7, 11) is 0. The van der Waals surface area contributed by atoms with E-state index < -0.39 is 0 Å². The fourth-order valence-electron chi connectivity index (χ4n) is 3.27. The topological polar surface area (TPSA) is 58.8 Å². The molecule has 0 saturated carbocycles. The average molecular weight is 483 g/mol. The molecule has 7 heteroatoms. The third-order valence-electron chi connectivity index (χ3n) is 4.67. The zero-order valence-corrected chi connectivity index (χ0v) is 17.4. The maximum atomic E-state index is 13.0. The van der Waals surface area contributed by atoms with Crippen molar-refractivity contribution in [2.24, 2.45) is 0 Å². The van der Waals surface area contributed by atoms with E-state index in [1.54, 1.807) is 18.2 Å². The predicted octanol–water partition coefficient (Wildman–Crippen LogP) is 3.12. The van der Waals surface area contributed by atoms with Crippen LogP contribution < -0.4 is 10.5 Å². The fourth-order valence-corrected chi connectivity index (χ4v) is 3.78. The lowest BCUT2D eigenvalue weighted by Crippen LogP contribution is -2.54. The van der Waals surface area contributed by atoms with Gasteiger partial charge in [0.05, 0.1) is 5.69 Å². The summed E-state index contributed by atoms with van der Waals surface area (Å²) in [6.45, 7) is 4.96. The standard InChI is InChI=1S/C20H23FIN3O2/c1-14-11-24(12-15-2-4-16(21)5-3-15)8-9-25(14)20(26)13-27-19-7-6-17(22)10-18(19)23/h2-7,10,14H,8-9,11-13,23H2,1H3. The molecule has 0 spiro atoms. The molecule has 144 valence electrons. The van der Waals surface area contributed by atoms with Crippen LogP contribution in [-0.2, 0) is 11.3 Å². The number of benzene rings is 2. The molecule has 2 N–H and O–H groups in total. The van der Waals surface area contributed by atoms with Gasteiger partial charge in [-0.3, -0.25) is 9.69 Å². The van der Waals surface area contributed by atoms with Crippen LogP contribution in [0.2, 0.25) is 0 Å². The van der Waals surface area contributed by atoms with E-state index in [1.807, 2.05) is 24.0 Å². The van der Waals surface area contributed by atoms with Gasteiger partial charge in [0.25, 0.3) is 5.91 Å². The lowest BCUT2D eigenvalue weighted by Gasteiger charge is -2.39. The Morgan fingerprint density at radius 2 is 2.00 bits per heavy atom. The van der Waals surface area contributed by atoms with Crippen LogP contribution >= 0.6 is 22.6 Å². The molecule has 2 aromatic carbocycles. The Bertz CT molecular complexity index is 800. The van der Waals surface area contributed by atoms with Gasteiger partial charge in [-0.15, -0.1) is 0 Å². The van der Waals surface area contributed by atoms with Crippen LogP contribution in [0, 0.1) is 9.39 Å². The highest BCUT2D eigenvalue weighted by atomic mass is 127. The highest BCUT2D eigenvalue weighted by Crippen LogP contribution is 2.23. The molecule has 0 aliphatic carbocycles. The number of nitrogens with zero attached hydrogens (tertiary/aromatic N) is 2. The number of carbonyl (C=O) groups is 1. The SMILES string of the molecule is CC1CN(Cc2ccc(F)cc2)CCN1C(=O)COc1ccc(I)cc1N. The van der Waals surface area contributed by atoms with Gasteiger partial charge >= 0.3 is 0 Å². The minimum Gasteiger partial charge on any atom is -0.482 e. The van der Waals surface area contributed by atoms with Crippen molar-refractivity contribution in [1.29, 1.82) is 0 Å². The number of piperazine rings is 1. The first kappa shape index (κ1) is 19.9. The van der Waals surface area contributed by atoms with E-state index in [9.17, 15) is 9.18 Å². The first-order valence-corrected chi connectivity index (χ1v) is 9.94. The molecule has 0 radical (unpaired) electrons. The monoisotopic (exact) mass is 483 g/mol. The minimum absolute atomic E-state index is 0.0207. The van der Waals surface area contributed by atoms with Crippen LogP contribution in [0.1, 0.15) is 12.5 Å². The van der Waals surface area contributed by atoms with E-state index in [0.717, 1.165) is 28.8 Å². The molecule has 1 aliphatic heterocycles. The van der Waals surface area contributed by atoms with Crippen molar-refractivity contribution in [3.05, 3.63) is 57.4 Å². The summed E-state index contributed by atoms with van der Waals surface area (Å²) in [4.78, 5) is 16.7. The molecule has 1 heterocycles. The molecule has 3 rings (SSSR count). The first-order chi connectivity index (χ1) is 12.9. The van der Waals surface area contributed by atoms with Crippen LogP contribution in [0.5, 0.6) is 5.75 Å². The highest BCUT2D eigenvalue weighted by molar-refractivity contribution is 14.1. The molecule has 0 aromatic heterocycles. The van der Waals surface area contributed by atoms with Gasteiger partial charge in [0.15, 0.2) is 6.61 Å². The normalized spacial score (nSPS) is 17.7. The Kier molecular flexibility index (Phi) is 6.54. The lowest BCUT2D eigenvalue weighted by atomic mass is 10.1. The van der Waals surface area contributed by atoms with E-state index >= 15 is 0 Å². The van der Waals surface area contributed by atoms with Gasteiger partial charge in [0, 0.05) is 35.8 Å². The second-order valence-electron chi connectivity index (χ2n) is 6.77. The molecular formula is C20H23FIN3O2. The zero-order valence-electron chi connectivity index (χ0n) is 15.2. The Labute approximate surface area is 172 Å². The Hall–Kier alpha value is -1.87. The van der Waals surface area contributed by atoms with Crippen molar-refractivity contribution in [2.45, 2.75) is 19.5 Å². The number of ether oxygens (including phenoxy) is 1. The molecule has 5 nitrogen and oxygen atoms in total. The summed E-state index contributed by atoms with van der Waals surface area (Å²) in [5.74, 6) is 0.268. The van der Waals surface area contributed by atoms with Crippen molar-refractivity contribution >= 4 is 34.2 Å². The molecule has 1 aliphatic rings. The van der Waals surface area contributed by atoms with Gasteiger partial charge in [0.2, 0.25) is 0 Å². The molecule has 2 aromatic rings. The number of amides is 1. The highest BCUT2D eigenvalue weighted by Gasteiger charge is 2.27. The largest absolute Gasteiger partial charge is 0.482 e. The van der Waals surface area contributed by atoms with Crippen molar-refractivity contribution < 1.29 is 13.9 Å². The van der Waals surface area contributed by atoms with Gasteiger partial charge < -0.3 is 15.4 Å². The number of nitrogens with two attached hydrogens (primary N) is 1. The molecule has 1 saturated heterocycles. The molecule has 1 unspecified atom stereocenters. The summed E-state index contributed by atoms with van der Waals surface area (Å²) < 4.78 is 19.7. The maximum absolute atomic E-state index is 13.0. The van der Waals surface area contributed by atoms with E-state index in [1.165, 1.54) is 12.1 Å². The van der Waals surface area contributed by atoms with Crippen molar-refractivity contribution in [3.63, 3.8) is 0 Å². The quantitative estimate of drug-likeness (QED) is 0.525. The van der Waals surface area contributed by atoms with Gasteiger partial charge in [-0.25, -0.2) is 4.39 Å². The summed E-state index contributed by atoms with van der Waals surface area (Å²) >= 11 is 2.18. The van der Waals surface area contributed by atoms with E-state index in [4.69, 9.17) is 10.5 Å². The van der Waals surface area contributed by atoms with Crippen molar-refractivity contribution in [3.8, 4) is 5.75 Å². The average Bonchev–Trinajstić information content (AvgIpc) is 2.63. The number of hydrogen-bond acceptors (Lipinski definition) is 4. The second-order valence-corrected chi connectivity index (χ2v) is 8.01. The number of halogens is 2. The minimum atomic E-state index is -0.226.